The maximum atomic E-state index is 11.2. The molecule has 0 aliphatic heterocycles. The Hall–Kier alpha value is 0.110. The third-order valence-electron chi connectivity index (χ3n) is 7.04. The minimum Gasteiger partial charge on any atom is -0.378 e. The minimum absolute atomic E-state index is 0.217. The SMILES string of the molecule is CCCC(Br)C(C=O)CCCCCCCCCCCCCCCCOC1CCCCC1. The van der Waals surface area contributed by atoms with Crippen LogP contribution in [-0.2, 0) is 9.53 Å². The average molecular weight is 502 g/mol. The first-order valence-electron chi connectivity index (χ1n) is 14.0. The van der Waals surface area contributed by atoms with Crippen molar-refractivity contribution in [3.05, 3.63) is 0 Å². The van der Waals surface area contributed by atoms with Crippen molar-refractivity contribution in [2.24, 2.45) is 5.92 Å². The van der Waals surface area contributed by atoms with Gasteiger partial charge in [0, 0.05) is 17.4 Å². The summed E-state index contributed by atoms with van der Waals surface area (Å²) in [5.41, 5.74) is 0. The largest absolute Gasteiger partial charge is 0.378 e. The summed E-state index contributed by atoms with van der Waals surface area (Å²) in [6.07, 6.45) is 31.0. The zero-order valence-electron chi connectivity index (χ0n) is 20.8. The van der Waals surface area contributed by atoms with Crippen molar-refractivity contribution in [2.45, 2.75) is 159 Å². The van der Waals surface area contributed by atoms with Gasteiger partial charge in [-0.2, -0.15) is 0 Å². The predicted molar refractivity (Wildman–Crippen MR) is 139 cm³/mol. The zero-order valence-corrected chi connectivity index (χ0v) is 22.4. The summed E-state index contributed by atoms with van der Waals surface area (Å²) < 4.78 is 6.01. The molecule has 0 spiro atoms. The molecule has 31 heavy (non-hydrogen) atoms. The molecule has 0 N–H and O–H groups in total. The zero-order chi connectivity index (χ0) is 22.4. The Morgan fingerprint density at radius 1 is 0.742 bits per heavy atom. The highest BCUT2D eigenvalue weighted by molar-refractivity contribution is 9.09. The molecule has 2 atom stereocenters. The maximum absolute atomic E-state index is 11.2. The van der Waals surface area contributed by atoms with E-state index < -0.39 is 0 Å². The summed E-state index contributed by atoms with van der Waals surface area (Å²) in [4.78, 5) is 11.6. The van der Waals surface area contributed by atoms with E-state index in [-0.39, 0.29) is 5.92 Å². The van der Waals surface area contributed by atoms with E-state index in [9.17, 15) is 4.79 Å². The van der Waals surface area contributed by atoms with Crippen LogP contribution in [-0.4, -0.2) is 23.8 Å². The monoisotopic (exact) mass is 500 g/mol. The van der Waals surface area contributed by atoms with Crippen LogP contribution in [0.2, 0.25) is 0 Å². The van der Waals surface area contributed by atoms with Crippen molar-refractivity contribution in [3.8, 4) is 0 Å². The van der Waals surface area contributed by atoms with Gasteiger partial charge in [-0.05, 0) is 32.1 Å². The van der Waals surface area contributed by atoms with Crippen LogP contribution in [0.1, 0.15) is 148 Å². The minimum atomic E-state index is 0.217. The molecule has 1 fully saturated rings. The number of carbonyl (C=O) groups is 1. The first-order chi connectivity index (χ1) is 15.3. The molecule has 1 aliphatic carbocycles. The molecular weight excluding hydrogens is 448 g/mol. The van der Waals surface area contributed by atoms with E-state index >= 15 is 0 Å². The number of halogens is 1. The van der Waals surface area contributed by atoms with Gasteiger partial charge in [0.2, 0.25) is 0 Å². The van der Waals surface area contributed by atoms with Crippen molar-refractivity contribution >= 4 is 22.2 Å². The second kappa shape index (κ2) is 21.9. The van der Waals surface area contributed by atoms with Crippen molar-refractivity contribution in [1.82, 2.24) is 0 Å². The van der Waals surface area contributed by atoms with Crippen molar-refractivity contribution in [3.63, 3.8) is 0 Å². The number of unbranched alkanes of at least 4 members (excludes halogenated alkanes) is 13. The van der Waals surface area contributed by atoms with Crippen molar-refractivity contribution in [2.75, 3.05) is 6.61 Å². The lowest BCUT2D eigenvalue weighted by molar-refractivity contribution is -0.111. The molecule has 1 rings (SSSR count). The highest BCUT2D eigenvalue weighted by Gasteiger charge is 2.16. The van der Waals surface area contributed by atoms with Crippen LogP contribution in [0.4, 0.5) is 0 Å². The molecule has 0 aromatic rings. The Bertz CT molecular complexity index is 381. The number of aldehydes is 1. The highest BCUT2D eigenvalue weighted by Crippen LogP contribution is 2.23. The Morgan fingerprint density at radius 2 is 1.23 bits per heavy atom. The Kier molecular flexibility index (Phi) is 20.6. The van der Waals surface area contributed by atoms with Gasteiger partial charge in [-0.15, -0.1) is 0 Å². The summed E-state index contributed by atoms with van der Waals surface area (Å²) in [5, 5.41) is 0. The maximum Gasteiger partial charge on any atom is 0.124 e. The van der Waals surface area contributed by atoms with Crippen LogP contribution in [0.3, 0.4) is 0 Å². The van der Waals surface area contributed by atoms with Crippen LogP contribution in [0.5, 0.6) is 0 Å². The summed E-state index contributed by atoms with van der Waals surface area (Å²) in [7, 11) is 0. The van der Waals surface area contributed by atoms with Crippen LogP contribution in [0, 0.1) is 5.92 Å². The number of hydrogen-bond acceptors (Lipinski definition) is 2. The predicted octanol–water partition coefficient (Wildman–Crippen LogP) is 9.57. The molecule has 0 aromatic carbocycles. The van der Waals surface area contributed by atoms with Crippen molar-refractivity contribution < 1.29 is 9.53 Å². The number of carbonyl (C=O) groups excluding carboxylic acids is 1. The molecule has 3 heteroatoms. The molecule has 0 bridgehead atoms. The van der Waals surface area contributed by atoms with E-state index in [2.05, 4.69) is 22.9 Å². The first-order valence-corrected chi connectivity index (χ1v) is 14.9. The van der Waals surface area contributed by atoms with Gasteiger partial charge in [-0.3, -0.25) is 0 Å². The molecule has 2 nitrogen and oxygen atoms in total. The molecule has 0 radical (unpaired) electrons. The Balaban J connectivity index is 1.73. The highest BCUT2D eigenvalue weighted by atomic mass is 79.9. The lowest BCUT2D eigenvalue weighted by Gasteiger charge is -2.21. The second-order valence-electron chi connectivity index (χ2n) is 9.97. The van der Waals surface area contributed by atoms with Gasteiger partial charge < -0.3 is 9.53 Å². The molecule has 0 heterocycles. The van der Waals surface area contributed by atoms with Gasteiger partial charge in [0.25, 0.3) is 0 Å². The molecule has 0 aromatic heterocycles. The average Bonchev–Trinajstić information content (AvgIpc) is 2.79. The van der Waals surface area contributed by atoms with Crippen LogP contribution in [0.25, 0.3) is 0 Å². The lowest BCUT2D eigenvalue weighted by Crippen LogP contribution is -2.17. The van der Waals surface area contributed by atoms with Crippen LogP contribution < -0.4 is 0 Å². The van der Waals surface area contributed by atoms with Gasteiger partial charge in [0.05, 0.1) is 6.10 Å². The summed E-state index contributed by atoms with van der Waals surface area (Å²) in [6, 6.07) is 0. The van der Waals surface area contributed by atoms with Gasteiger partial charge in [0.1, 0.15) is 6.29 Å². The van der Waals surface area contributed by atoms with E-state index in [0.717, 1.165) is 25.9 Å². The van der Waals surface area contributed by atoms with Crippen molar-refractivity contribution in [1.29, 1.82) is 0 Å². The van der Waals surface area contributed by atoms with Gasteiger partial charge in [-0.1, -0.05) is 132 Å². The molecule has 1 aliphatic rings. The van der Waals surface area contributed by atoms with E-state index in [1.54, 1.807) is 0 Å². The van der Waals surface area contributed by atoms with E-state index in [1.165, 1.54) is 128 Å². The smallest absolute Gasteiger partial charge is 0.124 e. The number of rotatable bonds is 22. The first kappa shape index (κ1) is 29.1. The third kappa shape index (κ3) is 17.3. The quantitative estimate of drug-likeness (QED) is 0.0838. The number of alkyl halides is 1. The van der Waals surface area contributed by atoms with Gasteiger partial charge in [-0.25, -0.2) is 0 Å². The lowest BCUT2D eigenvalue weighted by atomic mass is 9.96. The van der Waals surface area contributed by atoms with Crippen LogP contribution in [0.15, 0.2) is 0 Å². The third-order valence-corrected chi connectivity index (χ3v) is 8.18. The standard InChI is InChI=1S/C28H53BrO2/c1-2-20-28(29)26(25-30)21-16-13-11-9-7-5-3-4-6-8-10-12-14-19-24-31-27-22-17-15-18-23-27/h25-28H,2-24H2,1H3. The summed E-state index contributed by atoms with van der Waals surface area (Å²) in [6.45, 7) is 3.18. The number of hydrogen-bond donors (Lipinski definition) is 0. The fourth-order valence-corrected chi connectivity index (χ4v) is 5.76. The fraction of sp³-hybridized carbons (Fsp3) is 0.964. The van der Waals surface area contributed by atoms with E-state index in [1.807, 2.05) is 0 Å². The number of ether oxygens (including phenoxy) is 1. The normalized spacial score (nSPS) is 17.0. The molecular formula is C28H53BrO2. The molecule has 0 amide bonds. The van der Waals surface area contributed by atoms with Gasteiger partial charge >= 0.3 is 0 Å². The molecule has 1 saturated carbocycles. The van der Waals surface area contributed by atoms with E-state index in [0.29, 0.717) is 10.9 Å². The molecule has 0 saturated heterocycles. The summed E-state index contributed by atoms with van der Waals surface area (Å²) in [5.74, 6) is 0.217. The van der Waals surface area contributed by atoms with Gasteiger partial charge in [0.15, 0.2) is 0 Å². The van der Waals surface area contributed by atoms with Crippen LogP contribution >= 0.6 is 15.9 Å². The fourth-order valence-electron chi connectivity index (χ4n) is 4.91. The summed E-state index contributed by atoms with van der Waals surface area (Å²) >= 11 is 3.69. The molecule has 2 unspecified atom stereocenters. The Morgan fingerprint density at radius 3 is 1.71 bits per heavy atom. The Labute approximate surface area is 203 Å². The topological polar surface area (TPSA) is 26.3 Å². The second-order valence-corrected chi connectivity index (χ2v) is 11.1. The van der Waals surface area contributed by atoms with E-state index in [4.69, 9.17) is 4.74 Å². The molecule has 184 valence electrons.